The third-order valence-electron chi connectivity index (χ3n) is 2.90. The lowest BCUT2D eigenvalue weighted by Crippen LogP contribution is -2.11. The Kier molecular flexibility index (Phi) is 3.67. The Morgan fingerprint density at radius 3 is 2.79 bits per heavy atom. The number of ether oxygens (including phenoxy) is 1. The van der Waals surface area contributed by atoms with Crippen LogP contribution in [0.5, 0.6) is 5.75 Å². The number of Topliss-reactive ketones (excluding diaryl/α,β-unsaturated/α-hetero) is 1. The van der Waals surface area contributed by atoms with Gasteiger partial charge in [0.05, 0.1) is 19.4 Å². The highest BCUT2D eigenvalue weighted by Gasteiger charge is 2.25. The molecule has 96 valence electrons. The molecule has 0 saturated heterocycles. The summed E-state index contributed by atoms with van der Waals surface area (Å²) in [4.78, 5) is 12.3. The number of carbonyl (C=O) groups is 1. The number of benzene rings is 1. The molecule has 0 spiro atoms. The summed E-state index contributed by atoms with van der Waals surface area (Å²) < 4.78 is 10.3. The van der Waals surface area contributed by atoms with Crippen molar-refractivity contribution in [2.75, 3.05) is 7.11 Å². The van der Waals surface area contributed by atoms with Crippen LogP contribution in [0, 0.1) is 18.3 Å². The highest BCUT2D eigenvalue weighted by atomic mass is 16.5. The monoisotopic (exact) mass is 255 g/mol. The zero-order chi connectivity index (χ0) is 13.8. The molecular weight excluding hydrogens is 242 g/mol. The van der Waals surface area contributed by atoms with Crippen LogP contribution in [-0.2, 0) is 0 Å². The minimum atomic E-state index is -0.889. The maximum absolute atomic E-state index is 12.3. The topological polar surface area (TPSA) is 63.2 Å². The molecular formula is C15H13NO3. The Morgan fingerprint density at radius 1 is 1.42 bits per heavy atom. The smallest absolute Gasteiger partial charge is 0.219 e. The van der Waals surface area contributed by atoms with Gasteiger partial charge in [0.25, 0.3) is 0 Å². The van der Waals surface area contributed by atoms with Crippen molar-refractivity contribution in [3.8, 4) is 11.8 Å². The molecule has 0 aliphatic heterocycles. The zero-order valence-corrected chi connectivity index (χ0v) is 10.7. The fraction of sp³-hybridized carbons (Fsp3) is 0.200. The van der Waals surface area contributed by atoms with E-state index in [-0.39, 0.29) is 11.5 Å². The lowest BCUT2D eigenvalue weighted by molar-refractivity contribution is 0.0951. The number of nitriles is 1. The number of nitrogens with zero attached hydrogens (tertiary/aromatic N) is 1. The van der Waals surface area contributed by atoms with Crippen molar-refractivity contribution in [1.29, 1.82) is 5.26 Å². The number of hydrogen-bond acceptors (Lipinski definition) is 4. The first-order valence-electron chi connectivity index (χ1n) is 5.79. The molecule has 4 nitrogen and oxygen atoms in total. The summed E-state index contributed by atoms with van der Waals surface area (Å²) in [6.45, 7) is 1.77. The predicted octanol–water partition coefficient (Wildman–Crippen LogP) is 3.09. The Morgan fingerprint density at radius 2 is 2.21 bits per heavy atom. The lowest BCUT2D eigenvalue weighted by Gasteiger charge is -2.09. The Bertz CT molecular complexity index is 637. The summed E-state index contributed by atoms with van der Waals surface area (Å²) in [5, 5.41) is 9.25. The van der Waals surface area contributed by atoms with E-state index < -0.39 is 5.92 Å². The summed E-state index contributed by atoms with van der Waals surface area (Å²) in [7, 11) is 1.54. The molecule has 0 N–H and O–H groups in total. The zero-order valence-electron chi connectivity index (χ0n) is 10.7. The first kappa shape index (κ1) is 12.9. The number of methoxy groups -OCH3 is 1. The summed E-state index contributed by atoms with van der Waals surface area (Å²) in [6, 6.07) is 10.7. The summed E-state index contributed by atoms with van der Waals surface area (Å²) in [5.41, 5.74) is 1.33. The molecule has 1 aromatic carbocycles. The fourth-order valence-corrected chi connectivity index (χ4v) is 1.86. The minimum absolute atomic E-state index is 0.231. The number of hydrogen-bond donors (Lipinski definition) is 0. The van der Waals surface area contributed by atoms with Gasteiger partial charge in [-0.2, -0.15) is 5.26 Å². The summed E-state index contributed by atoms with van der Waals surface area (Å²) in [5.74, 6) is -0.380. The molecule has 0 radical (unpaired) electrons. The predicted molar refractivity (Wildman–Crippen MR) is 69.1 cm³/mol. The maximum atomic E-state index is 12.3. The first-order chi connectivity index (χ1) is 9.17. The molecule has 0 bridgehead atoms. The van der Waals surface area contributed by atoms with Crippen molar-refractivity contribution in [3.63, 3.8) is 0 Å². The van der Waals surface area contributed by atoms with Crippen molar-refractivity contribution in [2.24, 2.45) is 0 Å². The van der Waals surface area contributed by atoms with E-state index in [1.807, 2.05) is 6.07 Å². The van der Waals surface area contributed by atoms with Crippen LogP contribution in [0.4, 0.5) is 0 Å². The van der Waals surface area contributed by atoms with Gasteiger partial charge in [0.2, 0.25) is 5.78 Å². The van der Waals surface area contributed by atoms with Crippen molar-refractivity contribution in [1.82, 2.24) is 0 Å². The average molecular weight is 255 g/mol. The van der Waals surface area contributed by atoms with Crippen LogP contribution in [0.25, 0.3) is 0 Å². The molecule has 1 heterocycles. The second-order valence-electron chi connectivity index (χ2n) is 4.14. The van der Waals surface area contributed by atoms with Gasteiger partial charge in [-0.3, -0.25) is 4.79 Å². The van der Waals surface area contributed by atoms with Gasteiger partial charge in [0.1, 0.15) is 11.7 Å². The van der Waals surface area contributed by atoms with Crippen LogP contribution in [0.2, 0.25) is 0 Å². The molecule has 0 aliphatic carbocycles. The fourth-order valence-electron chi connectivity index (χ4n) is 1.86. The van der Waals surface area contributed by atoms with E-state index in [4.69, 9.17) is 9.15 Å². The average Bonchev–Trinajstić information content (AvgIpc) is 2.86. The standard InChI is InChI=1S/C15H13NO3/c1-10-6-7-19-15(10)14(17)13(9-16)11-4-3-5-12(8-11)18-2/h3-8,13H,1-2H3. The second-order valence-corrected chi connectivity index (χ2v) is 4.14. The van der Waals surface area contributed by atoms with Gasteiger partial charge in [0.15, 0.2) is 5.76 Å². The van der Waals surface area contributed by atoms with Gasteiger partial charge in [-0.1, -0.05) is 12.1 Å². The van der Waals surface area contributed by atoms with Crippen LogP contribution >= 0.6 is 0 Å². The van der Waals surface area contributed by atoms with E-state index in [1.165, 1.54) is 6.26 Å². The largest absolute Gasteiger partial charge is 0.497 e. The SMILES string of the molecule is COc1cccc(C(C#N)C(=O)c2occc2C)c1. The van der Waals surface area contributed by atoms with Gasteiger partial charge in [0, 0.05) is 0 Å². The van der Waals surface area contributed by atoms with E-state index >= 15 is 0 Å². The third kappa shape index (κ3) is 2.50. The first-order valence-corrected chi connectivity index (χ1v) is 5.79. The van der Waals surface area contributed by atoms with Crippen LogP contribution < -0.4 is 4.74 Å². The Balaban J connectivity index is 2.38. The summed E-state index contributed by atoms with van der Waals surface area (Å²) in [6.07, 6.45) is 1.45. The van der Waals surface area contributed by atoms with E-state index in [0.717, 1.165) is 5.56 Å². The molecule has 1 atom stereocenters. The molecule has 2 rings (SSSR count). The molecule has 0 saturated carbocycles. The van der Waals surface area contributed by atoms with Crippen LogP contribution in [0.3, 0.4) is 0 Å². The Hall–Kier alpha value is -2.54. The van der Waals surface area contributed by atoms with E-state index in [9.17, 15) is 10.1 Å². The number of aryl methyl sites for hydroxylation is 1. The van der Waals surface area contributed by atoms with E-state index in [0.29, 0.717) is 11.3 Å². The maximum Gasteiger partial charge on any atom is 0.219 e. The normalized spacial score (nSPS) is 11.6. The van der Waals surface area contributed by atoms with Crippen molar-refractivity contribution >= 4 is 5.78 Å². The van der Waals surface area contributed by atoms with Gasteiger partial charge in [-0.25, -0.2) is 0 Å². The van der Waals surface area contributed by atoms with E-state index in [2.05, 4.69) is 0 Å². The molecule has 0 amide bonds. The second kappa shape index (κ2) is 5.40. The van der Waals surface area contributed by atoms with Gasteiger partial charge < -0.3 is 9.15 Å². The molecule has 2 aromatic rings. The molecule has 1 unspecified atom stereocenters. The number of rotatable bonds is 4. The summed E-state index contributed by atoms with van der Waals surface area (Å²) >= 11 is 0. The van der Waals surface area contributed by atoms with Gasteiger partial charge in [-0.05, 0) is 36.2 Å². The van der Waals surface area contributed by atoms with Crippen molar-refractivity contribution < 1.29 is 13.9 Å². The molecule has 0 aliphatic rings. The van der Waals surface area contributed by atoms with Crippen LogP contribution in [0.1, 0.15) is 27.6 Å². The van der Waals surface area contributed by atoms with Gasteiger partial charge in [-0.15, -0.1) is 0 Å². The quantitative estimate of drug-likeness (QED) is 0.787. The molecule has 4 heteroatoms. The third-order valence-corrected chi connectivity index (χ3v) is 2.90. The van der Waals surface area contributed by atoms with Crippen LogP contribution in [-0.4, -0.2) is 12.9 Å². The van der Waals surface area contributed by atoms with Crippen molar-refractivity contribution in [3.05, 3.63) is 53.5 Å². The molecule has 1 aromatic heterocycles. The number of furan rings is 1. The number of carbonyl (C=O) groups excluding carboxylic acids is 1. The minimum Gasteiger partial charge on any atom is -0.497 e. The van der Waals surface area contributed by atoms with Crippen LogP contribution in [0.15, 0.2) is 41.0 Å². The highest BCUT2D eigenvalue weighted by Crippen LogP contribution is 2.25. The highest BCUT2D eigenvalue weighted by molar-refractivity contribution is 6.01. The molecule has 19 heavy (non-hydrogen) atoms. The van der Waals surface area contributed by atoms with Crippen molar-refractivity contribution in [2.45, 2.75) is 12.8 Å². The van der Waals surface area contributed by atoms with Gasteiger partial charge >= 0.3 is 0 Å². The Labute approximate surface area is 111 Å². The van der Waals surface area contributed by atoms with E-state index in [1.54, 1.807) is 44.4 Å². The molecule has 0 fully saturated rings. The number of ketones is 1. The lowest BCUT2D eigenvalue weighted by atomic mass is 9.93.